The molecule has 2 heterocycles. The van der Waals surface area contributed by atoms with E-state index in [1.54, 1.807) is 9.36 Å². The van der Waals surface area contributed by atoms with E-state index in [9.17, 15) is 9.59 Å². The lowest BCUT2D eigenvalue weighted by molar-refractivity contribution is -0.116. The number of rotatable bonds is 5. The van der Waals surface area contributed by atoms with Crippen LogP contribution in [0, 0.1) is 6.92 Å². The molecule has 1 N–H and O–H groups in total. The maximum Gasteiger partial charge on any atom is 0.295 e. The third-order valence-electron chi connectivity index (χ3n) is 6.06. The molecule has 6 heteroatoms. The molecule has 0 aliphatic carbocycles. The van der Waals surface area contributed by atoms with Crippen molar-refractivity contribution >= 4 is 17.3 Å². The standard InChI is InChI=1S/C24H28N4O2/c1-17-13-14-19-9-7-8-12-21(19)27(17)16-15-22(29)25-23-18(2)26(3)28(24(23)30)20-10-5-4-6-11-20/h4-12,17H,13-16H2,1-3H3,(H,25,29)/t17-/m0/s1. The molecule has 0 radical (unpaired) electrons. The Bertz CT molecular complexity index is 1110. The molecule has 1 aliphatic heterocycles. The number of nitrogens with one attached hydrogen (secondary N) is 1. The molecule has 1 aliphatic rings. The van der Waals surface area contributed by atoms with E-state index in [-0.39, 0.29) is 11.5 Å². The van der Waals surface area contributed by atoms with Gasteiger partial charge < -0.3 is 10.2 Å². The zero-order valence-corrected chi connectivity index (χ0v) is 17.8. The van der Waals surface area contributed by atoms with Gasteiger partial charge in [-0.3, -0.25) is 14.3 Å². The van der Waals surface area contributed by atoms with Gasteiger partial charge in [-0.15, -0.1) is 0 Å². The van der Waals surface area contributed by atoms with Gasteiger partial charge in [-0.25, -0.2) is 4.68 Å². The molecule has 30 heavy (non-hydrogen) atoms. The summed E-state index contributed by atoms with van der Waals surface area (Å²) in [5.41, 5.74) is 4.18. The van der Waals surface area contributed by atoms with Crippen molar-refractivity contribution in [3.63, 3.8) is 0 Å². The third kappa shape index (κ3) is 3.65. The average Bonchev–Trinajstić information content (AvgIpc) is 2.96. The normalized spacial score (nSPS) is 15.7. The van der Waals surface area contributed by atoms with Gasteiger partial charge in [0, 0.05) is 31.7 Å². The first-order valence-corrected chi connectivity index (χ1v) is 10.5. The molecule has 156 valence electrons. The van der Waals surface area contributed by atoms with Crippen LogP contribution in [0.3, 0.4) is 0 Å². The predicted octanol–water partition coefficient (Wildman–Crippen LogP) is 3.65. The molecular weight excluding hydrogens is 376 g/mol. The van der Waals surface area contributed by atoms with Crippen molar-refractivity contribution in [3.8, 4) is 5.69 Å². The van der Waals surface area contributed by atoms with Crippen LogP contribution >= 0.6 is 0 Å². The maximum absolute atomic E-state index is 13.0. The van der Waals surface area contributed by atoms with Crippen LogP contribution in [0.15, 0.2) is 59.4 Å². The number of carbonyl (C=O) groups is 1. The van der Waals surface area contributed by atoms with E-state index in [1.807, 2.05) is 50.4 Å². The van der Waals surface area contributed by atoms with Gasteiger partial charge in [0.1, 0.15) is 5.69 Å². The van der Waals surface area contributed by atoms with Crippen LogP contribution in [-0.2, 0) is 18.3 Å². The van der Waals surface area contributed by atoms with E-state index in [0.29, 0.717) is 24.7 Å². The highest BCUT2D eigenvalue weighted by atomic mass is 16.2. The second-order valence-corrected chi connectivity index (χ2v) is 7.94. The van der Waals surface area contributed by atoms with Crippen LogP contribution in [0.25, 0.3) is 5.69 Å². The molecule has 6 nitrogen and oxygen atoms in total. The van der Waals surface area contributed by atoms with Crippen molar-refractivity contribution in [2.24, 2.45) is 7.05 Å². The van der Waals surface area contributed by atoms with Crippen molar-refractivity contribution in [2.75, 3.05) is 16.8 Å². The Hall–Kier alpha value is -3.28. The highest BCUT2D eigenvalue weighted by Crippen LogP contribution is 2.30. The summed E-state index contributed by atoms with van der Waals surface area (Å²) in [4.78, 5) is 28.0. The third-order valence-corrected chi connectivity index (χ3v) is 6.06. The Morgan fingerprint density at radius 1 is 1.10 bits per heavy atom. The smallest absolute Gasteiger partial charge is 0.295 e. The first kappa shape index (κ1) is 20.0. The molecule has 0 saturated heterocycles. The number of hydrogen-bond donors (Lipinski definition) is 1. The molecule has 0 spiro atoms. The van der Waals surface area contributed by atoms with Gasteiger partial charge in [0.2, 0.25) is 5.91 Å². The lowest BCUT2D eigenvalue weighted by atomic mass is 9.96. The predicted molar refractivity (Wildman–Crippen MR) is 121 cm³/mol. The number of benzene rings is 2. The highest BCUT2D eigenvalue weighted by Gasteiger charge is 2.24. The largest absolute Gasteiger partial charge is 0.368 e. The lowest BCUT2D eigenvalue weighted by Crippen LogP contribution is -2.39. The first-order chi connectivity index (χ1) is 14.5. The van der Waals surface area contributed by atoms with E-state index < -0.39 is 0 Å². The van der Waals surface area contributed by atoms with E-state index in [0.717, 1.165) is 24.2 Å². The lowest BCUT2D eigenvalue weighted by Gasteiger charge is -2.37. The van der Waals surface area contributed by atoms with Crippen LogP contribution in [0.5, 0.6) is 0 Å². The summed E-state index contributed by atoms with van der Waals surface area (Å²) >= 11 is 0. The minimum absolute atomic E-state index is 0.142. The van der Waals surface area contributed by atoms with Crippen molar-refractivity contribution in [1.29, 1.82) is 0 Å². The Labute approximate surface area is 176 Å². The molecule has 4 rings (SSSR count). The minimum Gasteiger partial charge on any atom is -0.368 e. The number of nitrogens with zero attached hydrogens (tertiary/aromatic N) is 3. The Kier molecular flexibility index (Phi) is 5.48. The molecular formula is C24H28N4O2. The fraction of sp³-hybridized carbons (Fsp3) is 0.333. The van der Waals surface area contributed by atoms with Crippen molar-refractivity contribution < 1.29 is 4.79 Å². The van der Waals surface area contributed by atoms with Crippen LogP contribution in [-0.4, -0.2) is 27.9 Å². The number of anilines is 2. The second-order valence-electron chi connectivity index (χ2n) is 7.94. The molecule has 0 fully saturated rings. The quantitative estimate of drug-likeness (QED) is 0.706. The Morgan fingerprint density at radius 3 is 2.57 bits per heavy atom. The Morgan fingerprint density at radius 2 is 1.80 bits per heavy atom. The molecule has 1 atom stereocenters. The van der Waals surface area contributed by atoms with E-state index in [2.05, 4.69) is 35.3 Å². The first-order valence-electron chi connectivity index (χ1n) is 10.5. The molecule has 2 aromatic carbocycles. The summed E-state index contributed by atoms with van der Waals surface area (Å²) in [7, 11) is 1.83. The number of aryl methyl sites for hydroxylation is 1. The SMILES string of the molecule is Cc1c(NC(=O)CCN2c3ccccc3CC[C@@H]2C)c(=O)n(-c2ccccc2)n1C. The number of amides is 1. The highest BCUT2D eigenvalue weighted by molar-refractivity contribution is 5.91. The van der Waals surface area contributed by atoms with E-state index in [4.69, 9.17) is 0 Å². The van der Waals surface area contributed by atoms with Crippen molar-refractivity contribution in [1.82, 2.24) is 9.36 Å². The maximum atomic E-state index is 13.0. The van der Waals surface area contributed by atoms with Gasteiger partial charge in [0.05, 0.1) is 11.4 Å². The fourth-order valence-electron chi connectivity index (χ4n) is 4.24. The van der Waals surface area contributed by atoms with Crippen LogP contribution in [0.4, 0.5) is 11.4 Å². The zero-order chi connectivity index (χ0) is 21.3. The number of para-hydroxylation sites is 2. The molecule has 1 amide bonds. The van der Waals surface area contributed by atoms with Gasteiger partial charge >= 0.3 is 0 Å². The average molecular weight is 405 g/mol. The van der Waals surface area contributed by atoms with Gasteiger partial charge in [-0.1, -0.05) is 36.4 Å². The van der Waals surface area contributed by atoms with Crippen molar-refractivity contribution in [3.05, 3.63) is 76.2 Å². The summed E-state index contributed by atoms with van der Waals surface area (Å²) in [6.07, 6.45) is 2.48. The van der Waals surface area contributed by atoms with Crippen LogP contribution in [0.2, 0.25) is 0 Å². The molecule has 3 aromatic rings. The van der Waals surface area contributed by atoms with E-state index in [1.165, 1.54) is 11.3 Å². The van der Waals surface area contributed by atoms with Gasteiger partial charge in [-0.05, 0) is 50.5 Å². The Balaban J connectivity index is 1.50. The summed E-state index contributed by atoms with van der Waals surface area (Å²) in [5, 5.41) is 2.87. The minimum atomic E-state index is -0.216. The monoisotopic (exact) mass is 404 g/mol. The van der Waals surface area contributed by atoms with Gasteiger partial charge in [-0.2, -0.15) is 0 Å². The summed E-state index contributed by atoms with van der Waals surface area (Å²) in [5.74, 6) is -0.142. The van der Waals surface area contributed by atoms with Gasteiger partial charge in [0.25, 0.3) is 5.56 Å². The molecule has 0 bridgehead atoms. The summed E-state index contributed by atoms with van der Waals surface area (Å²) in [6.45, 7) is 4.68. The van der Waals surface area contributed by atoms with Crippen molar-refractivity contribution in [2.45, 2.75) is 39.2 Å². The molecule has 0 saturated carbocycles. The fourth-order valence-corrected chi connectivity index (χ4v) is 4.24. The molecule has 1 aromatic heterocycles. The van der Waals surface area contributed by atoms with Crippen LogP contribution in [0.1, 0.15) is 31.0 Å². The summed E-state index contributed by atoms with van der Waals surface area (Å²) < 4.78 is 3.35. The number of carbonyl (C=O) groups excluding carboxylic acids is 1. The number of hydrogen-bond acceptors (Lipinski definition) is 3. The zero-order valence-electron chi connectivity index (χ0n) is 17.8. The molecule has 0 unspecified atom stereocenters. The number of fused-ring (bicyclic) bond motifs is 1. The summed E-state index contributed by atoms with van der Waals surface area (Å²) in [6, 6.07) is 18.2. The number of aromatic nitrogens is 2. The van der Waals surface area contributed by atoms with Gasteiger partial charge in [0.15, 0.2) is 0 Å². The van der Waals surface area contributed by atoms with E-state index >= 15 is 0 Å². The second kappa shape index (κ2) is 8.22. The van der Waals surface area contributed by atoms with Crippen LogP contribution < -0.4 is 15.8 Å². The topological polar surface area (TPSA) is 59.3 Å².